The number of carbonyl (C=O) groups excluding carboxylic acids is 2. The van der Waals surface area contributed by atoms with Gasteiger partial charge in [-0.2, -0.15) is 0 Å². The van der Waals surface area contributed by atoms with E-state index in [-0.39, 0.29) is 11.3 Å². The lowest BCUT2D eigenvalue weighted by Gasteiger charge is -2.07. The van der Waals surface area contributed by atoms with E-state index >= 15 is 0 Å². The molecule has 1 aromatic heterocycles. The van der Waals surface area contributed by atoms with Crippen LogP contribution in [0.15, 0.2) is 46.9 Å². The number of nitrogens with one attached hydrogen (secondary N) is 1. The molecule has 0 fully saturated rings. The van der Waals surface area contributed by atoms with Gasteiger partial charge in [0.2, 0.25) is 5.76 Å². The number of benzene rings is 2. The van der Waals surface area contributed by atoms with Crippen molar-refractivity contribution in [1.29, 1.82) is 0 Å². The lowest BCUT2D eigenvalue weighted by molar-refractivity contribution is -0.119. The topological polar surface area (TPSA) is 77.8 Å². The third-order valence-electron chi connectivity index (χ3n) is 3.79. The molecule has 1 heterocycles. The number of esters is 1. The molecule has 6 nitrogen and oxygen atoms in total. The molecule has 3 aromatic rings. The number of fused-ring (bicyclic) bond motifs is 1. The van der Waals surface area contributed by atoms with Gasteiger partial charge in [-0.25, -0.2) is 9.18 Å². The largest absolute Gasteiger partial charge is 0.497 e. The van der Waals surface area contributed by atoms with Crippen molar-refractivity contribution in [3.05, 3.63) is 59.6 Å². The molecule has 0 unspecified atom stereocenters. The van der Waals surface area contributed by atoms with Gasteiger partial charge < -0.3 is 19.2 Å². The first-order valence-electron chi connectivity index (χ1n) is 7.78. The summed E-state index contributed by atoms with van der Waals surface area (Å²) in [5.41, 5.74) is 0.947. The van der Waals surface area contributed by atoms with Crippen molar-refractivity contribution < 1.29 is 27.9 Å². The molecule has 26 heavy (non-hydrogen) atoms. The van der Waals surface area contributed by atoms with Gasteiger partial charge >= 0.3 is 5.97 Å². The molecule has 0 aliphatic rings. The first-order chi connectivity index (χ1) is 12.5. The van der Waals surface area contributed by atoms with Crippen LogP contribution >= 0.6 is 0 Å². The Labute approximate surface area is 148 Å². The quantitative estimate of drug-likeness (QED) is 0.705. The molecule has 0 aliphatic heterocycles. The number of aryl methyl sites for hydroxylation is 1. The van der Waals surface area contributed by atoms with E-state index in [0.29, 0.717) is 22.4 Å². The Morgan fingerprint density at radius 3 is 2.69 bits per heavy atom. The van der Waals surface area contributed by atoms with Gasteiger partial charge in [-0.05, 0) is 25.1 Å². The number of hydrogen-bond acceptors (Lipinski definition) is 5. The number of ether oxygens (including phenoxy) is 2. The van der Waals surface area contributed by atoms with Gasteiger partial charge in [0.1, 0.15) is 5.75 Å². The summed E-state index contributed by atoms with van der Waals surface area (Å²) in [6, 6.07) is 11.2. The summed E-state index contributed by atoms with van der Waals surface area (Å²) in [6.45, 7) is 1.12. The number of furan rings is 1. The number of methoxy groups -OCH3 is 1. The fourth-order valence-electron chi connectivity index (χ4n) is 2.50. The van der Waals surface area contributed by atoms with Crippen LogP contribution in [-0.4, -0.2) is 25.6 Å². The van der Waals surface area contributed by atoms with Crippen LogP contribution in [0, 0.1) is 12.7 Å². The minimum absolute atomic E-state index is 0.0159. The second kappa shape index (κ2) is 7.26. The van der Waals surface area contributed by atoms with E-state index in [1.54, 1.807) is 37.3 Å². The van der Waals surface area contributed by atoms with Crippen molar-refractivity contribution in [2.45, 2.75) is 6.92 Å². The van der Waals surface area contributed by atoms with Crippen molar-refractivity contribution >= 4 is 28.5 Å². The molecular formula is C19H16FNO5. The average Bonchev–Trinajstić information content (AvgIpc) is 2.98. The molecule has 0 atom stereocenters. The Morgan fingerprint density at radius 1 is 1.19 bits per heavy atom. The second-order valence-corrected chi connectivity index (χ2v) is 5.53. The van der Waals surface area contributed by atoms with E-state index < -0.39 is 24.3 Å². The Bertz CT molecular complexity index is 979. The minimum Gasteiger partial charge on any atom is -0.497 e. The highest BCUT2D eigenvalue weighted by atomic mass is 19.1. The van der Waals surface area contributed by atoms with Crippen molar-refractivity contribution in [2.75, 3.05) is 19.0 Å². The van der Waals surface area contributed by atoms with Gasteiger partial charge in [0, 0.05) is 22.7 Å². The predicted molar refractivity (Wildman–Crippen MR) is 92.8 cm³/mol. The highest BCUT2D eigenvalue weighted by Gasteiger charge is 2.21. The number of para-hydroxylation sites is 1. The highest BCUT2D eigenvalue weighted by molar-refractivity contribution is 5.98. The zero-order valence-electron chi connectivity index (χ0n) is 14.2. The highest BCUT2D eigenvalue weighted by Crippen LogP contribution is 2.27. The van der Waals surface area contributed by atoms with Crippen LogP contribution < -0.4 is 10.1 Å². The monoisotopic (exact) mass is 357 g/mol. The lowest BCUT2D eigenvalue weighted by Crippen LogP contribution is -2.21. The Kier molecular flexibility index (Phi) is 4.88. The fourth-order valence-corrected chi connectivity index (χ4v) is 2.50. The molecule has 0 saturated heterocycles. The third-order valence-corrected chi connectivity index (χ3v) is 3.79. The summed E-state index contributed by atoms with van der Waals surface area (Å²) < 4.78 is 29.1. The van der Waals surface area contributed by atoms with Crippen molar-refractivity contribution in [3.63, 3.8) is 0 Å². The van der Waals surface area contributed by atoms with Gasteiger partial charge in [-0.1, -0.05) is 18.2 Å². The molecule has 134 valence electrons. The number of halogens is 1. The second-order valence-electron chi connectivity index (χ2n) is 5.53. The van der Waals surface area contributed by atoms with Crippen LogP contribution in [0.5, 0.6) is 5.75 Å². The molecule has 0 aliphatic carbocycles. The number of hydrogen-bond donors (Lipinski definition) is 1. The van der Waals surface area contributed by atoms with Crippen LogP contribution in [0.1, 0.15) is 16.1 Å². The molecule has 0 bridgehead atoms. The van der Waals surface area contributed by atoms with Crippen LogP contribution in [0.2, 0.25) is 0 Å². The van der Waals surface area contributed by atoms with Crippen LogP contribution in [0.3, 0.4) is 0 Å². The van der Waals surface area contributed by atoms with Crippen LogP contribution in [0.25, 0.3) is 11.0 Å². The van der Waals surface area contributed by atoms with Gasteiger partial charge in [0.25, 0.3) is 5.91 Å². The third kappa shape index (κ3) is 3.51. The van der Waals surface area contributed by atoms with Crippen molar-refractivity contribution in [3.8, 4) is 5.75 Å². The first-order valence-corrected chi connectivity index (χ1v) is 7.78. The first kappa shape index (κ1) is 17.5. The predicted octanol–water partition coefficient (Wildman–Crippen LogP) is 3.68. The fraction of sp³-hybridized carbons (Fsp3) is 0.158. The molecule has 0 radical (unpaired) electrons. The number of anilines is 1. The Balaban J connectivity index is 1.66. The summed E-state index contributed by atoms with van der Waals surface area (Å²) in [5.74, 6) is -1.47. The molecule has 2 aromatic carbocycles. The average molecular weight is 357 g/mol. The van der Waals surface area contributed by atoms with E-state index in [9.17, 15) is 14.0 Å². The van der Waals surface area contributed by atoms with E-state index in [2.05, 4.69) is 5.32 Å². The van der Waals surface area contributed by atoms with E-state index in [1.807, 2.05) is 0 Å². The molecule has 1 amide bonds. The lowest BCUT2D eigenvalue weighted by atomic mass is 10.1. The number of rotatable bonds is 5. The summed E-state index contributed by atoms with van der Waals surface area (Å²) in [6.07, 6.45) is 0. The maximum absolute atomic E-state index is 13.7. The molecule has 1 N–H and O–H groups in total. The van der Waals surface area contributed by atoms with Gasteiger partial charge in [-0.15, -0.1) is 0 Å². The molecule has 7 heteroatoms. The van der Waals surface area contributed by atoms with Crippen LogP contribution in [0.4, 0.5) is 10.1 Å². The van der Waals surface area contributed by atoms with Crippen molar-refractivity contribution in [1.82, 2.24) is 0 Å². The summed E-state index contributed by atoms with van der Waals surface area (Å²) >= 11 is 0. The molecule has 3 rings (SSSR count). The standard InChI is InChI=1S/C19H16FNO5/c1-11-14-7-4-8-15(20)18(14)26-17(11)19(23)25-10-16(22)21-12-5-3-6-13(9-12)24-2/h3-9H,10H2,1-2H3,(H,21,22). The maximum Gasteiger partial charge on any atom is 0.375 e. The summed E-state index contributed by atoms with van der Waals surface area (Å²) in [7, 11) is 1.52. The van der Waals surface area contributed by atoms with E-state index in [0.717, 1.165) is 0 Å². The normalized spacial score (nSPS) is 10.6. The maximum atomic E-state index is 13.7. The number of amides is 1. The van der Waals surface area contributed by atoms with Crippen molar-refractivity contribution in [2.24, 2.45) is 0 Å². The summed E-state index contributed by atoms with van der Waals surface area (Å²) in [4.78, 5) is 24.1. The van der Waals surface area contributed by atoms with Gasteiger partial charge in [0.05, 0.1) is 7.11 Å². The molecular weight excluding hydrogens is 341 g/mol. The SMILES string of the molecule is COc1cccc(NC(=O)COC(=O)c2oc3c(F)cccc3c2C)c1. The minimum atomic E-state index is -0.834. The smallest absolute Gasteiger partial charge is 0.375 e. The van der Waals surface area contributed by atoms with Crippen LogP contribution in [-0.2, 0) is 9.53 Å². The zero-order chi connectivity index (χ0) is 18.7. The zero-order valence-corrected chi connectivity index (χ0v) is 14.2. The van der Waals surface area contributed by atoms with Gasteiger partial charge in [0.15, 0.2) is 18.0 Å². The Hall–Kier alpha value is -3.35. The van der Waals surface area contributed by atoms with E-state index in [1.165, 1.54) is 19.2 Å². The van der Waals surface area contributed by atoms with E-state index in [4.69, 9.17) is 13.9 Å². The summed E-state index contributed by atoms with van der Waals surface area (Å²) in [5, 5.41) is 3.07. The number of carbonyl (C=O) groups is 2. The molecule has 0 saturated carbocycles. The van der Waals surface area contributed by atoms with Gasteiger partial charge in [-0.3, -0.25) is 4.79 Å². The molecule has 0 spiro atoms. The Morgan fingerprint density at radius 2 is 1.96 bits per heavy atom.